The van der Waals surface area contributed by atoms with Gasteiger partial charge in [-0.05, 0) is 30.5 Å². The van der Waals surface area contributed by atoms with E-state index in [0.29, 0.717) is 5.76 Å². The van der Waals surface area contributed by atoms with E-state index < -0.39 is 0 Å². The molecule has 1 N–H and O–H groups in total. The molecule has 1 aromatic carbocycles. The van der Waals surface area contributed by atoms with Gasteiger partial charge in [0.2, 0.25) is 0 Å². The number of aliphatic hydroxyl groups excluding tert-OH is 1. The summed E-state index contributed by atoms with van der Waals surface area (Å²) in [4.78, 5) is 0. The molecule has 0 heterocycles. The highest BCUT2D eigenvalue weighted by atomic mass is 16.3. The first-order chi connectivity index (χ1) is 5.29. The summed E-state index contributed by atoms with van der Waals surface area (Å²) in [6.45, 7) is 2.02. The van der Waals surface area contributed by atoms with Crippen LogP contribution in [0.5, 0.6) is 0 Å². The molecule has 1 aromatic rings. The molecule has 1 nitrogen and oxygen atoms in total. The number of fused-ring (bicyclic) bond motifs is 1. The molecule has 1 aliphatic rings. The maximum atomic E-state index is 9.42. The lowest BCUT2D eigenvalue weighted by Gasteiger charge is -2.02. The smallest absolute Gasteiger partial charge is 0.119 e. The van der Waals surface area contributed by atoms with Crippen molar-refractivity contribution in [3.8, 4) is 0 Å². The van der Waals surface area contributed by atoms with Gasteiger partial charge in [-0.3, -0.25) is 0 Å². The van der Waals surface area contributed by atoms with Gasteiger partial charge in [0.1, 0.15) is 5.76 Å². The van der Waals surface area contributed by atoms with Gasteiger partial charge in [-0.25, -0.2) is 0 Å². The molecule has 0 aromatic heterocycles. The quantitative estimate of drug-likeness (QED) is 0.596. The number of hydrogen-bond acceptors (Lipinski definition) is 1. The molecule has 0 unspecified atom stereocenters. The standard InChI is InChI=1S/C10H10O/c1-7-3-2-4-8-5-6-9(11)10(7)8/h2-4,6,11H,5H2,1H3. The van der Waals surface area contributed by atoms with Crippen molar-refractivity contribution in [2.75, 3.05) is 0 Å². The van der Waals surface area contributed by atoms with Crippen molar-refractivity contribution in [3.63, 3.8) is 0 Å². The Balaban J connectivity index is 2.67. The fourth-order valence-electron chi connectivity index (χ4n) is 1.57. The molecule has 0 saturated heterocycles. The Hall–Kier alpha value is -1.24. The van der Waals surface area contributed by atoms with E-state index in [1.807, 2.05) is 25.1 Å². The number of allylic oxidation sites excluding steroid dienone is 1. The van der Waals surface area contributed by atoms with Gasteiger partial charge >= 0.3 is 0 Å². The van der Waals surface area contributed by atoms with Crippen molar-refractivity contribution >= 4 is 5.76 Å². The number of aliphatic hydroxyl groups is 1. The van der Waals surface area contributed by atoms with Gasteiger partial charge in [0.05, 0.1) is 0 Å². The van der Waals surface area contributed by atoms with E-state index in [9.17, 15) is 5.11 Å². The second-order valence-electron chi connectivity index (χ2n) is 2.90. The van der Waals surface area contributed by atoms with Crippen LogP contribution in [0.15, 0.2) is 24.3 Å². The summed E-state index contributed by atoms with van der Waals surface area (Å²) >= 11 is 0. The van der Waals surface area contributed by atoms with E-state index in [2.05, 4.69) is 6.07 Å². The van der Waals surface area contributed by atoms with Crippen LogP contribution in [0, 0.1) is 6.92 Å². The van der Waals surface area contributed by atoms with Crippen LogP contribution < -0.4 is 0 Å². The van der Waals surface area contributed by atoms with Crippen LogP contribution in [0.4, 0.5) is 0 Å². The Bertz CT molecular complexity index is 324. The zero-order valence-electron chi connectivity index (χ0n) is 6.46. The third-order valence-electron chi connectivity index (χ3n) is 2.13. The lowest BCUT2D eigenvalue weighted by molar-refractivity contribution is 0.512. The minimum Gasteiger partial charge on any atom is -0.508 e. The van der Waals surface area contributed by atoms with Gasteiger partial charge in [-0.1, -0.05) is 18.2 Å². The van der Waals surface area contributed by atoms with Crippen molar-refractivity contribution in [1.29, 1.82) is 0 Å². The van der Waals surface area contributed by atoms with Crippen molar-refractivity contribution < 1.29 is 5.11 Å². The molecule has 56 valence electrons. The first-order valence-corrected chi connectivity index (χ1v) is 3.77. The predicted molar refractivity (Wildman–Crippen MR) is 45.5 cm³/mol. The van der Waals surface area contributed by atoms with Crippen LogP contribution in [0.2, 0.25) is 0 Å². The fourth-order valence-corrected chi connectivity index (χ4v) is 1.57. The Kier molecular flexibility index (Phi) is 1.25. The zero-order valence-corrected chi connectivity index (χ0v) is 6.46. The molecule has 1 heteroatoms. The van der Waals surface area contributed by atoms with E-state index >= 15 is 0 Å². The van der Waals surface area contributed by atoms with Crippen LogP contribution in [0.3, 0.4) is 0 Å². The minimum absolute atomic E-state index is 0.443. The summed E-state index contributed by atoms with van der Waals surface area (Å²) in [6, 6.07) is 6.11. The second-order valence-corrected chi connectivity index (χ2v) is 2.90. The molecule has 0 bridgehead atoms. The van der Waals surface area contributed by atoms with E-state index in [0.717, 1.165) is 17.5 Å². The number of hydrogen-bond donors (Lipinski definition) is 1. The lowest BCUT2D eigenvalue weighted by Crippen LogP contribution is -1.87. The van der Waals surface area contributed by atoms with Crippen molar-refractivity contribution in [1.82, 2.24) is 0 Å². The van der Waals surface area contributed by atoms with Gasteiger partial charge in [-0.2, -0.15) is 0 Å². The molecule has 0 amide bonds. The topological polar surface area (TPSA) is 20.2 Å². The highest BCUT2D eigenvalue weighted by Crippen LogP contribution is 2.27. The Labute approximate surface area is 66.0 Å². The molecule has 0 radical (unpaired) electrons. The van der Waals surface area contributed by atoms with Gasteiger partial charge in [0.15, 0.2) is 0 Å². The van der Waals surface area contributed by atoms with Gasteiger partial charge in [0, 0.05) is 5.56 Å². The summed E-state index contributed by atoms with van der Waals surface area (Å²) in [5.74, 6) is 0.443. The maximum Gasteiger partial charge on any atom is 0.119 e. The van der Waals surface area contributed by atoms with Crippen LogP contribution in [-0.2, 0) is 6.42 Å². The second kappa shape index (κ2) is 2.12. The summed E-state index contributed by atoms with van der Waals surface area (Å²) in [5.41, 5.74) is 3.43. The van der Waals surface area contributed by atoms with Crippen LogP contribution in [-0.4, -0.2) is 5.11 Å². The van der Waals surface area contributed by atoms with Crippen molar-refractivity contribution in [2.24, 2.45) is 0 Å². The van der Waals surface area contributed by atoms with Crippen LogP contribution in [0.25, 0.3) is 5.76 Å². The molecule has 2 rings (SSSR count). The summed E-state index contributed by atoms with van der Waals surface area (Å²) < 4.78 is 0. The van der Waals surface area contributed by atoms with E-state index in [1.165, 1.54) is 5.56 Å². The van der Waals surface area contributed by atoms with E-state index in [-0.39, 0.29) is 0 Å². The zero-order chi connectivity index (χ0) is 7.84. The number of aryl methyl sites for hydroxylation is 1. The first kappa shape index (κ1) is 6.47. The molecule has 11 heavy (non-hydrogen) atoms. The summed E-state index contributed by atoms with van der Waals surface area (Å²) in [7, 11) is 0. The third-order valence-corrected chi connectivity index (χ3v) is 2.13. The largest absolute Gasteiger partial charge is 0.508 e. The molecule has 0 spiro atoms. The normalized spacial score (nSPS) is 14.5. The van der Waals surface area contributed by atoms with Crippen molar-refractivity contribution in [3.05, 3.63) is 41.0 Å². The minimum atomic E-state index is 0.443. The maximum absolute atomic E-state index is 9.42. The Morgan fingerprint density at radius 2 is 2.18 bits per heavy atom. The summed E-state index contributed by atoms with van der Waals surface area (Å²) in [6.07, 6.45) is 2.74. The Morgan fingerprint density at radius 3 is 2.91 bits per heavy atom. The lowest BCUT2D eigenvalue weighted by atomic mass is 10.0. The Morgan fingerprint density at radius 1 is 1.36 bits per heavy atom. The molecule has 0 atom stereocenters. The molecule has 1 aliphatic carbocycles. The third kappa shape index (κ3) is 0.845. The van der Waals surface area contributed by atoms with Crippen molar-refractivity contribution in [2.45, 2.75) is 13.3 Å². The predicted octanol–water partition coefficient (Wildman–Crippen LogP) is 2.45. The SMILES string of the molecule is Cc1cccc2c1C(O)=CC2. The molecule has 0 saturated carbocycles. The van der Waals surface area contributed by atoms with E-state index in [1.54, 1.807) is 0 Å². The van der Waals surface area contributed by atoms with Gasteiger partial charge in [0.25, 0.3) is 0 Å². The average Bonchev–Trinajstić information content (AvgIpc) is 2.34. The molecule has 0 aliphatic heterocycles. The number of benzene rings is 1. The molecular formula is C10H10O. The van der Waals surface area contributed by atoms with Crippen LogP contribution >= 0.6 is 0 Å². The highest BCUT2D eigenvalue weighted by Gasteiger charge is 2.13. The summed E-state index contributed by atoms with van der Waals surface area (Å²) in [5, 5.41) is 9.42. The highest BCUT2D eigenvalue weighted by molar-refractivity contribution is 5.69. The average molecular weight is 146 g/mol. The van der Waals surface area contributed by atoms with E-state index in [4.69, 9.17) is 0 Å². The number of rotatable bonds is 0. The fraction of sp³-hybridized carbons (Fsp3) is 0.200. The first-order valence-electron chi connectivity index (χ1n) is 3.77. The van der Waals surface area contributed by atoms with Gasteiger partial charge in [-0.15, -0.1) is 0 Å². The van der Waals surface area contributed by atoms with Crippen LogP contribution in [0.1, 0.15) is 16.7 Å². The molecule has 0 fully saturated rings. The molecular weight excluding hydrogens is 136 g/mol. The monoisotopic (exact) mass is 146 g/mol. The van der Waals surface area contributed by atoms with Gasteiger partial charge < -0.3 is 5.11 Å².